The topological polar surface area (TPSA) is 86.9 Å². The third-order valence-electron chi connectivity index (χ3n) is 4.84. The first kappa shape index (κ1) is 17.5. The smallest absolute Gasteiger partial charge is 0.242 e. The summed E-state index contributed by atoms with van der Waals surface area (Å²) in [5.74, 6) is 0.991. The molecule has 6 nitrogen and oxygen atoms in total. The Kier molecular flexibility index (Phi) is 5.68. The molecule has 0 radical (unpaired) electrons. The summed E-state index contributed by atoms with van der Waals surface area (Å²) in [6, 6.07) is 7.55. The zero-order valence-electron chi connectivity index (χ0n) is 14.7. The summed E-state index contributed by atoms with van der Waals surface area (Å²) in [4.78, 5) is 31.7. The van der Waals surface area contributed by atoms with E-state index in [2.05, 4.69) is 20.6 Å². The third-order valence-corrected chi connectivity index (χ3v) is 4.84. The predicted molar refractivity (Wildman–Crippen MR) is 97.0 cm³/mol. The lowest BCUT2D eigenvalue weighted by Crippen LogP contribution is -2.50. The van der Waals surface area contributed by atoms with Crippen molar-refractivity contribution in [1.82, 2.24) is 20.6 Å². The molecule has 25 heavy (non-hydrogen) atoms. The van der Waals surface area contributed by atoms with Gasteiger partial charge in [-0.15, -0.1) is 0 Å². The summed E-state index contributed by atoms with van der Waals surface area (Å²) in [7, 11) is 0. The van der Waals surface area contributed by atoms with E-state index in [0.717, 1.165) is 55.4 Å². The van der Waals surface area contributed by atoms with Gasteiger partial charge in [0.2, 0.25) is 11.8 Å². The second-order valence-corrected chi connectivity index (χ2v) is 6.82. The lowest BCUT2D eigenvalue weighted by atomic mass is 9.97. The molecule has 6 heteroatoms. The van der Waals surface area contributed by atoms with E-state index in [4.69, 9.17) is 0 Å². The normalized spacial score (nSPS) is 16.0. The lowest BCUT2D eigenvalue weighted by molar-refractivity contribution is -0.129. The molecule has 1 aliphatic rings. The molecular weight excluding hydrogens is 316 g/mol. The van der Waals surface area contributed by atoms with Crippen LogP contribution in [0.1, 0.15) is 44.9 Å². The van der Waals surface area contributed by atoms with E-state index in [1.807, 2.05) is 24.3 Å². The van der Waals surface area contributed by atoms with Crippen LogP contribution in [0, 0.1) is 5.92 Å². The second-order valence-electron chi connectivity index (χ2n) is 6.82. The number of imidazole rings is 1. The molecule has 1 aromatic carbocycles. The van der Waals surface area contributed by atoms with Gasteiger partial charge in [0.25, 0.3) is 0 Å². The molecule has 1 heterocycles. The van der Waals surface area contributed by atoms with E-state index in [1.54, 1.807) is 0 Å². The van der Waals surface area contributed by atoms with Crippen LogP contribution in [0.5, 0.6) is 0 Å². The average molecular weight is 342 g/mol. The summed E-state index contributed by atoms with van der Waals surface area (Å²) >= 11 is 0. The zero-order chi connectivity index (χ0) is 17.6. The van der Waals surface area contributed by atoms with Crippen molar-refractivity contribution in [3.8, 4) is 0 Å². The summed E-state index contributed by atoms with van der Waals surface area (Å²) in [6.45, 7) is 2.05. The number of fused-ring (bicyclic) bond motifs is 1. The highest BCUT2D eigenvalue weighted by Crippen LogP contribution is 2.27. The fourth-order valence-electron chi connectivity index (χ4n) is 3.61. The average Bonchev–Trinajstić information content (AvgIpc) is 3.25. The van der Waals surface area contributed by atoms with Gasteiger partial charge in [0.1, 0.15) is 11.9 Å². The molecule has 3 N–H and O–H groups in total. The number of aromatic nitrogens is 2. The standard InChI is InChI=1S/C19H26N4O2/c1-13(24)21-18(14-7-2-3-8-14)19(25)20-12-6-11-17-22-15-9-4-5-10-16(15)23-17/h4-5,9-10,14,18H,2-3,6-8,11-12H2,1H3,(H,20,25)(H,21,24)(H,22,23). The Morgan fingerprint density at radius 1 is 1.28 bits per heavy atom. The van der Waals surface area contributed by atoms with Gasteiger partial charge >= 0.3 is 0 Å². The molecule has 0 bridgehead atoms. The van der Waals surface area contributed by atoms with E-state index in [-0.39, 0.29) is 17.7 Å². The van der Waals surface area contributed by atoms with Crippen molar-refractivity contribution in [2.45, 2.75) is 51.5 Å². The number of carbonyl (C=O) groups excluding carboxylic acids is 2. The van der Waals surface area contributed by atoms with Gasteiger partial charge < -0.3 is 15.6 Å². The van der Waals surface area contributed by atoms with Crippen molar-refractivity contribution in [1.29, 1.82) is 0 Å². The van der Waals surface area contributed by atoms with Gasteiger partial charge in [-0.3, -0.25) is 9.59 Å². The first-order chi connectivity index (χ1) is 12.1. The molecule has 1 aliphatic carbocycles. The van der Waals surface area contributed by atoms with Gasteiger partial charge in [0.05, 0.1) is 11.0 Å². The quantitative estimate of drug-likeness (QED) is 0.675. The summed E-state index contributed by atoms with van der Waals surface area (Å²) in [5.41, 5.74) is 2.00. The molecular formula is C19H26N4O2. The molecule has 0 spiro atoms. The Bertz CT molecular complexity index is 701. The number of para-hydroxylation sites is 2. The predicted octanol–water partition coefficient (Wildman–Crippen LogP) is 2.31. The fraction of sp³-hybridized carbons (Fsp3) is 0.526. The van der Waals surface area contributed by atoms with E-state index < -0.39 is 6.04 Å². The molecule has 1 saturated carbocycles. The van der Waals surface area contributed by atoms with E-state index in [1.165, 1.54) is 6.92 Å². The number of hydrogen-bond donors (Lipinski definition) is 3. The highest BCUT2D eigenvalue weighted by Gasteiger charge is 2.30. The van der Waals surface area contributed by atoms with Gasteiger partial charge in [0, 0.05) is 19.9 Å². The minimum absolute atomic E-state index is 0.0632. The van der Waals surface area contributed by atoms with Crippen molar-refractivity contribution in [3.63, 3.8) is 0 Å². The Morgan fingerprint density at radius 3 is 2.76 bits per heavy atom. The van der Waals surface area contributed by atoms with Gasteiger partial charge in [-0.2, -0.15) is 0 Å². The number of nitrogens with one attached hydrogen (secondary N) is 3. The van der Waals surface area contributed by atoms with Crippen LogP contribution < -0.4 is 10.6 Å². The lowest BCUT2D eigenvalue weighted by Gasteiger charge is -2.23. The summed E-state index contributed by atoms with van der Waals surface area (Å²) < 4.78 is 0. The van der Waals surface area contributed by atoms with Crippen LogP contribution >= 0.6 is 0 Å². The van der Waals surface area contributed by atoms with E-state index >= 15 is 0 Å². The van der Waals surface area contributed by atoms with Crippen LogP contribution in [-0.4, -0.2) is 34.4 Å². The number of aromatic amines is 1. The molecule has 1 unspecified atom stereocenters. The molecule has 1 aromatic heterocycles. The molecule has 2 aromatic rings. The first-order valence-corrected chi connectivity index (χ1v) is 9.12. The third kappa shape index (κ3) is 4.59. The summed E-state index contributed by atoms with van der Waals surface area (Å²) in [6.07, 6.45) is 5.89. The van der Waals surface area contributed by atoms with Crippen LogP contribution in [0.25, 0.3) is 11.0 Å². The maximum atomic E-state index is 12.5. The molecule has 1 fully saturated rings. The Hall–Kier alpha value is -2.37. The number of carbonyl (C=O) groups is 2. The highest BCUT2D eigenvalue weighted by atomic mass is 16.2. The zero-order valence-corrected chi connectivity index (χ0v) is 14.7. The van der Waals surface area contributed by atoms with Gasteiger partial charge in [-0.05, 0) is 37.3 Å². The minimum atomic E-state index is -0.397. The maximum Gasteiger partial charge on any atom is 0.242 e. The Labute approximate surface area is 147 Å². The SMILES string of the molecule is CC(=O)NC(C(=O)NCCCc1nc2ccccc2[nH]1)C1CCCC1. The maximum absolute atomic E-state index is 12.5. The van der Waals surface area contributed by atoms with E-state index in [0.29, 0.717) is 6.54 Å². The molecule has 1 atom stereocenters. The number of amides is 2. The Balaban J connectivity index is 1.47. The number of aryl methyl sites for hydroxylation is 1. The van der Waals surface area contributed by atoms with Crippen LogP contribution in [0.15, 0.2) is 24.3 Å². The van der Waals surface area contributed by atoms with Gasteiger partial charge in [-0.1, -0.05) is 25.0 Å². The van der Waals surface area contributed by atoms with Crippen molar-refractivity contribution in [2.75, 3.05) is 6.54 Å². The Morgan fingerprint density at radius 2 is 2.04 bits per heavy atom. The number of H-pyrrole nitrogens is 1. The number of nitrogens with zero attached hydrogens (tertiary/aromatic N) is 1. The second kappa shape index (κ2) is 8.14. The first-order valence-electron chi connectivity index (χ1n) is 9.12. The van der Waals surface area contributed by atoms with Crippen LogP contribution in [0.4, 0.5) is 0 Å². The molecule has 2 amide bonds. The highest BCUT2D eigenvalue weighted by molar-refractivity contribution is 5.87. The van der Waals surface area contributed by atoms with Gasteiger partial charge in [0.15, 0.2) is 0 Å². The van der Waals surface area contributed by atoms with Crippen LogP contribution in [-0.2, 0) is 16.0 Å². The minimum Gasteiger partial charge on any atom is -0.354 e. The van der Waals surface area contributed by atoms with Crippen molar-refractivity contribution >= 4 is 22.8 Å². The molecule has 0 saturated heterocycles. The number of benzene rings is 1. The molecule has 0 aliphatic heterocycles. The van der Waals surface area contributed by atoms with Crippen molar-refractivity contribution in [3.05, 3.63) is 30.1 Å². The number of rotatable bonds is 7. The fourth-order valence-corrected chi connectivity index (χ4v) is 3.61. The van der Waals surface area contributed by atoms with Crippen LogP contribution in [0.3, 0.4) is 0 Å². The monoisotopic (exact) mass is 342 g/mol. The molecule has 3 rings (SSSR count). The largest absolute Gasteiger partial charge is 0.354 e. The number of hydrogen-bond acceptors (Lipinski definition) is 3. The van der Waals surface area contributed by atoms with Crippen LogP contribution in [0.2, 0.25) is 0 Å². The van der Waals surface area contributed by atoms with Crippen molar-refractivity contribution < 1.29 is 9.59 Å². The van der Waals surface area contributed by atoms with Gasteiger partial charge in [-0.25, -0.2) is 4.98 Å². The molecule has 134 valence electrons. The summed E-state index contributed by atoms with van der Waals surface area (Å²) in [5, 5.41) is 5.80. The van der Waals surface area contributed by atoms with E-state index in [9.17, 15) is 9.59 Å². The van der Waals surface area contributed by atoms with Crippen molar-refractivity contribution in [2.24, 2.45) is 5.92 Å².